The van der Waals surface area contributed by atoms with Crippen molar-refractivity contribution in [2.45, 2.75) is 32.6 Å². The van der Waals surface area contributed by atoms with Crippen LogP contribution < -0.4 is 0 Å². The van der Waals surface area contributed by atoms with Crippen molar-refractivity contribution in [3.63, 3.8) is 0 Å². The third-order valence-electron chi connectivity index (χ3n) is 2.33. The zero-order chi connectivity index (χ0) is 8.81. The fourth-order valence-corrected chi connectivity index (χ4v) is 1.45. The first-order valence-electron chi connectivity index (χ1n) is 4.91. The summed E-state index contributed by atoms with van der Waals surface area (Å²) in [6.45, 7) is 3.44. The van der Waals surface area contributed by atoms with Gasteiger partial charge in [0.2, 0.25) is 0 Å². The quantitative estimate of drug-likeness (QED) is 0.619. The molecule has 0 atom stereocenters. The highest BCUT2D eigenvalue weighted by Gasteiger charge is 2.03. The lowest BCUT2D eigenvalue weighted by atomic mass is 10.1. The van der Waals surface area contributed by atoms with Gasteiger partial charge in [-0.05, 0) is 25.3 Å². The van der Waals surface area contributed by atoms with Crippen molar-refractivity contribution in [2.75, 3.05) is 13.6 Å². The Bertz CT molecular complexity index is 179. The van der Waals surface area contributed by atoms with Crippen LogP contribution in [0.5, 0.6) is 0 Å². The van der Waals surface area contributed by atoms with Crippen LogP contribution in [0.1, 0.15) is 32.6 Å². The van der Waals surface area contributed by atoms with Gasteiger partial charge < -0.3 is 4.90 Å². The Hall–Kier alpha value is -0.720. The van der Waals surface area contributed by atoms with Crippen LogP contribution >= 0.6 is 0 Å². The highest BCUT2D eigenvalue weighted by atomic mass is 15.1. The second-order valence-corrected chi connectivity index (χ2v) is 3.40. The van der Waals surface area contributed by atoms with Crippen LogP contribution in [-0.2, 0) is 0 Å². The lowest BCUT2D eigenvalue weighted by molar-refractivity contribution is 0.390. The van der Waals surface area contributed by atoms with Gasteiger partial charge in [-0.1, -0.05) is 25.5 Å². The molecule has 1 heteroatoms. The second kappa shape index (κ2) is 5.02. The molecular weight excluding hydrogens is 146 g/mol. The van der Waals surface area contributed by atoms with Gasteiger partial charge in [-0.15, -0.1) is 0 Å². The van der Waals surface area contributed by atoms with Crippen LogP contribution in [0, 0.1) is 0 Å². The molecule has 1 aliphatic carbocycles. The van der Waals surface area contributed by atoms with Gasteiger partial charge in [0.25, 0.3) is 0 Å². The summed E-state index contributed by atoms with van der Waals surface area (Å²) in [6, 6.07) is 0. The maximum Gasteiger partial charge on any atom is 0.0171 e. The zero-order valence-electron chi connectivity index (χ0n) is 8.21. The summed E-state index contributed by atoms with van der Waals surface area (Å²) < 4.78 is 0. The summed E-state index contributed by atoms with van der Waals surface area (Å²) in [5, 5.41) is 0. The molecule has 1 nitrogen and oxygen atoms in total. The van der Waals surface area contributed by atoms with Gasteiger partial charge in [-0.3, -0.25) is 0 Å². The minimum atomic E-state index is 1.20. The van der Waals surface area contributed by atoms with Crippen molar-refractivity contribution >= 4 is 0 Å². The second-order valence-electron chi connectivity index (χ2n) is 3.40. The van der Waals surface area contributed by atoms with Crippen molar-refractivity contribution in [3.8, 4) is 0 Å². The SMILES string of the molecule is CCCCN(C)C1=CC=CCC1. The molecule has 1 rings (SSSR count). The molecule has 0 aromatic heterocycles. The van der Waals surface area contributed by atoms with Crippen molar-refractivity contribution < 1.29 is 0 Å². The number of hydrogen-bond acceptors (Lipinski definition) is 1. The van der Waals surface area contributed by atoms with E-state index in [0.29, 0.717) is 0 Å². The summed E-state index contributed by atoms with van der Waals surface area (Å²) >= 11 is 0. The monoisotopic (exact) mass is 165 g/mol. The first-order valence-corrected chi connectivity index (χ1v) is 4.91. The zero-order valence-corrected chi connectivity index (χ0v) is 8.21. The first kappa shape index (κ1) is 9.37. The number of unbranched alkanes of at least 4 members (excludes halogenated alkanes) is 1. The molecule has 0 aromatic carbocycles. The summed E-state index contributed by atoms with van der Waals surface area (Å²) in [5.74, 6) is 0. The normalized spacial score (nSPS) is 16.0. The minimum absolute atomic E-state index is 1.20. The largest absolute Gasteiger partial charge is 0.378 e. The molecule has 0 radical (unpaired) electrons. The van der Waals surface area contributed by atoms with Gasteiger partial charge in [0, 0.05) is 19.3 Å². The third-order valence-corrected chi connectivity index (χ3v) is 2.33. The molecule has 0 unspecified atom stereocenters. The molecule has 0 heterocycles. The van der Waals surface area contributed by atoms with E-state index in [2.05, 4.69) is 37.1 Å². The van der Waals surface area contributed by atoms with Gasteiger partial charge in [-0.2, -0.15) is 0 Å². The average Bonchev–Trinajstić information content (AvgIpc) is 2.15. The molecule has 0 saturated carbocycles. The summed E-state index contributed by atoms with van der Waals surface area (Å²) in [5.41, 5.74) is 1.49. The van der Waals surface area contributed by atoms with E-state index in [0.717, 1.165) is 0 Å². The van der Waals surface area contributed by atoms with Gasteiger partial charge >= 0.3 is 0 Å². The van der Waals surface area contributed by atoms with E-state index in [1.165, 1.54) is 37.9 Å². The third kappa shape index (κ3) is 2.72. The van der Waals surface area contributed by atoms with Crippen LogP contribution in [-0.4, -0.2) is 18.5 Å². The smallest absolute Gasteiger partial charge is 0.0171 e. The van der Waals surface area contributed by atoms with Gasteiger partial charge in [0.15, 0.2) is 0 Å². The van der Waals surface area contributed by atoms with E-state index in [9.17, 15) is 0 Å². The summed E-state index contributed by atoms with van der Waals surface area (Å²) in [6.07, 6.45) is 11.7. The molecule has 0 aliphatic heterocycles. The molecule has 0 fully saturated rings. The number of hydrogen-bond donors (Lipinski definition) is 0. The Labute approximate surface area is 75.8 Å². The molecular formula is C11H19N. The predicted molar refractivity (Wildman–Crippen MR) is 54.0 cm³/mol. The minimum Gasteiger partial charge on any atom is -0.378 e. The summed E-state index contributed by atoms with van der Waals surface area (Å²) in [7, 11) is 2.20. The number of nitrogens with zero attached hydrogens (tertiary/aromatic N) is 1. The van der Waals surface area contributed by atoms with Gasteiger partial charge in [-0.25, -0.2) is 0 Å². The summed E-state index contributed by atoms with van der Waals surface area (Å²) in [4.78, 5) is 2.38. The highest BCUT2D eigenvalue weighted by Crippen LogP contribution is 2.15. The van der Waals surface area contributed by atoms with E-state index in [1.54, 1.807) is 0 Å². The van der Waals surface area contributed by atoms with E-state index >= 15 is 0 Å². The van der Waals surface area contributed by atoms with Crippen LogP contribution in [0.3, 0.4) is 0 Å². The highest BCUT2D eigenvalue weighted by molar-refractivity contribution is 5.16. The molecule has 0 N–H and O–H groups in total. The van der Waals surface area contributed by atoms with Crippen molar-refractivity contribution in [2.24, 2.45) is 0 Å². The Morgan fingerprint density at radius 1 is 1.50 bits per heavy atom. The van der Waals surface area contributed by atoms with Gasteiger partial charge in [0.05, 0.1) is 0 Å². The van der Waals surface area contributed by atoms with Crippen LogP contribution in [0.15, 0.2) is 23.9 Å². The molecule has 0 amide bonds. The first-order chi connectivity index (χ1) is 5.84. The Kier molecular flexibility index (Phi) is 3.92. The Morgan fingerprint density at radius 3 is 2.92 bits per heavy atom. The van der Waals surface area contributed by atoms with Crippen molar-refractivity contribution in [1.82, 2.24) is 4.90 Å². The maximum absolute atomic E-state index is 2.38. The molecule has 1 aliphatic rings. The van der Waals surface area contributed by atoms with E-state index in [1.807, 2.05) is 0 Å². The van der Waals surface area contributed by atoms with Crippen LogP contribution in [0.2, 0.25) is 0 Å². The average molecular weight is 165 g/mol. The Balaban J connectivity index is 2.35. The molecule has 0 aromatic rings. The fourth-order valence-electron chi connectivity index (χ4n) is 1.45. The molecule has 0 spiro atoms. The molecule has 0 bridgehead atoms. The van der Waals surface area contributed by atoms with Gasteiger partial charge in [0.1, 0.15) is 0 Å². The Morgan fingerprint density at radius 2 is 2.33 bits per heavy atom. The van der Waals surface area contributed by atoms with E-state index < -0.39 is 0 Å². The number of rotatable bonds is 4. The van der Waals surface area contributed by atoms with Crippen molar-refractivity contribution in [1.29, 1.82) is 0 Å². The van der Waals surface area contributed by atoms with E-state index in [4.69, 9.17) is 0 Å². The number of allylic oxidation sites excluding steroid dienone is 4. The standard InChI is InChI=1S/C11H19N/c1-3-4-10-12(2)11-8-6-5-7-9-11/h5-6,8H,3-4,7,9-10H2,1-2H3. The maximum atomic E-state index is 2.38. The molecule has 68 valence electrons. The lowest BCUT2D eigenvalue weighted by Gasteiger charge is -2.23. The molecule has 12 heavy (non-hydrogen) atoms. The van der Waals surface area contributed by atoms with Crippen LogP contribution in [0.25, 0.3) is 0 Å². The van der Waals surface area contributed by atoms with Crippen LogP contribution in [0.4, 0.5) is 0 Å². The lowest BCUT2D eigenvalue weighted by Crippen LogP contribution is -2.19. The van der Waals surface area contributed by atoms with E-state index in [-0.39, 0.29) is 0 Å². The predicted octanol–water partition coefficient (Wildman–Crippen LogP) is 2.95. The van der Waals surface area contributed by atoms with Crippen molar-refractivity contribution in [3.05, 3.63) is 23.9 Å². The fraction of sp³-hybridized carbons (Fsp3) is 0.636. The topological polar surface area (TPSA) is 3.24 Å². The molecule has 0 saturated heterocycles.